The van der Waals surface area contributed by atoms with E-state index in [2.05, 4.69) is 22.5 Å². The maximum Gasteiger partial charge on any atom is 0.173 e. The molecule has 0 aliphatic carbocycles. The lowest BCUT2D eigenvalue weighted by Crippen LogP contribution is -2.05. The molecule has 1 aromatic heterocycles. The second-order valence-electron chi connectivity index (χ2n) is 5.82. The molecule has 1 heterocycles. The van der Waals surface area contributed by atoms with Crippen LogP contribution >= 0.6 is 11.8 Å². The number of ether oxygens (including phenoxy) is 2. The molecular formula is C20H22N2O3S. The van der Waals surface area contributed by atoms with Gasteiger partial charge in [-0.05, 0) is 36.8 Å². The first kappa shape index (κ1) is 18.3. The number of carbonyl (C=O) groups is 1. The molecule has 3 aromatic rings. The number of ketones is 1. The Labute approximate surface area is 157 Å². The number of hydrogen-bond acceptors (Lipinski definition) is 5. The number of rotatable bonds is 8. The fraction of sp³-hybridized carbons (Fsp3) is 0.300. The number of imidazole rings is 1. The third-order valence-corrected chi connectivity index (χ3v) is 5.08. The van der Waals surface area contributed by atoms with E-state index in [-0.39, 0.29) is 5.78 Å². The minimum absolute atomic E-state index is 0.0334. The minimum Gasteiger partial charge on any atom is -0.493 e. The molecule has 0 radical (unpaired) electrons. The Morgan fingerprint density at radius 2 is 1.88 bits per heavy atom. The molecular weight excluding hydrogens is 348 g/mol. The minimum atomic E-state index is 0.0334. The molecule has 2 aromatic carbocycles. The van der Waals surface area contributed by atoms with Crippen LogP contribution in [0, 0.1) is 0 Å². The highest BCUT2D eigenvalue weighted by Crippen LogP contribution is 2.29. The van der Waals surface area contributed by atoms with Crippen molar-refractivity contribution in [3.8, 4) is 11.5 Å². The van der Waals surface area contributed by atoms with Gasteiger partial charge < -0.3 is 14.0 Å². The van der Waals surface area contributed by atoms with Gasteiger partial charge in [0, 0.05) is 12.1 Å². The third kappa shape index (κ3) is 3.70. The number of aryl methyl sites for hydroxylation is 1. The number of fused-ring (bicyclic) bond motifs is 1. The van der Waals surface area contributed by atoms with Crippen LogP contribution in [-0.4, -0.2) is 35.3 Å². The van der Waals surface area contributed by atoms with Crippen molar-refractivity contribution in [2.75, 3.05) is 20.0 Å². The molecule has 136 valence electrons. The third-order valence-electron chi connectivity index (χ3n) is 4.10. The number of para-hydroxylation sites is 2. The maximum atomic E-state index is 12.6. The largest absolute Gasteiger partial charge is 0.493 e. The summed E-state index contributed by atoms with van der Waals surface area (Å²) in [6.45, 7) is 3.02. The van der Waals surface area contributed by atoms with E-state index in [1.807, 2.05) is 18.2 Å². The Bertz CT molecular complexity index is 921. The van der Waals surface area contributed by atoms with Crippen LogP contribution in [0.4, 0.5) is 0 Å². The van der Waals surface area contributed by atoms with Crippen molar-refractivity contribution in [1.82, 2.24) is 9.55 Å². The number of carbonyl (C=O) groups excluding carboxylic acids is 1. The molecule has 0 atom stereocenters. The van der Waals surface area contributed by atoms with E-state index >= 15 is 0 Å². The standard InChI is InChI=1S/C20H22N2O3S/c1-4-11-22-16-8-6-5-7-15(16)21-20(22)26-13-17(23)14-9-10-18(24-2)19(12-14)25-3/h5-10,12H,4,11,13H2,1-3H3. The number of thioether (sulfide) groups is 1. The van der Waals surface area contributed by atoms with E-state index in [0.717, 1.165) is 29.2 Å². The second kappa shape index (κ2) is 8.27. The fourth-order valence-electron chi connectivity index (χ4n) is 2.83. The van der Waals surface area contributed by atoms with Crippen molar-refractivity contribution >= 4 is 28.6 Å². The van der Waals surface area contributed by atoms with Gasteiger partial charge in [-0.15, -0.1) is 0 Å². The maximum absolute atomic E-state index is 12.6. The number of methoxy groups -OCH3 is 2. The summed E-state index contributed by atoms with van der Waals surface area (Å²) >= 11 is 1.47. The van der Waals surface area contributed by atoms with Crippen molar-refractivity contribution in [2.45, 2.75) is 25.0 Å². The van der Waals surface area contributed by atoms with Gasteiger partial charge in [-0.3, -0.25) is 4.79 Å². The van der Waals surface area contributed by atoms with E-state index in [0.29, 0.717) is 22.8 Å². The van der Waals surface area contributed by atoms with Gasteiger partial charge in [0.25, 0.3) is 0 Å². The van der Waals surface area contributed by atoms with Gasteiger partial charge in [0.2, 0.25) is 0 Å². The summed E-state index contributed by atoms with van der Waals surface area (Å²) in [5, 5.41) is 0.877. The van der Waals surface area contributed by atoms with Gasteiger partial charge >= 0.3 is 0 Å². The monoisotopic (exact) mass is 370 g/mol. The Hall–Kier alpha value is -2.47. The van der Waals surface area contributed by atoms with Crippen LogP contribution in [0.25, 0.3) is 11.0 Å². The molecule has 0 saturated carbocycles. The molecule has 6 heteroatoms. The zero-order valence-corrected chi connectivity index (χ0v) is 16.0. The SMILES string of the molecule is CCCn1c(SCC(=O)c2ccc(OC)c(OC)c2)nc2ccccc21. The number of hydrogen-bond donors (Lipinski definition) is 0. The van der Waals surface area contributed by atoms with Crippen molar-refractivity contribution < 1.29 is 14.3 Å². The lowest BCUT2D eigenvalue weighted by Gasteiger charge is -2.09. The molecule has 0 aliphatic heterocycles. The lowest BCUT2D eigenvalue weighted by molar-refractivity contribution is 0.102. The Morgan fingerprint density at radius 3 is 2.62 bits per heavy atom. The van der Waals surface area contributed by atoms with Crippen molar-refractivity contribution in [3.63, 3.8) is 0 Å². The highest BCUT2D eigenvalue weighted by atomic mass is 32.2. The Balaban J connectivity index is 1.79. The first-order valence-corrected chi connectivity index (χ1v) is 9.49. The average Bonchev–Trinajstić information content (AvgIpc) is 3.03. The Kier molecular flexibility index (Phi) is 5.83. The molecule has 0 unspecified atom stereocenters. The highest BCUT2D eigenvalue weighted by molar-refractivity contribution is 7.99. The summed E-state index contributed by atoms with van der Waals surface area (Å²) in [5.41, 5.74) is 2.67. The van der Waals surface area contributed by atoms with Gasteiger partial charge in [-0.1, -0.05) is 30.8 Å². The van der Waals surface area contributed by atoms with Gasteiger partial charge in [-0.25, -0.2) is 4.98 Å². The average molecular weight is 370 g/mol. The number of nitrogens with zero attached hydrogens (tertiary/aromatic N) is 2. The zero-order chi connectivity index (χ0) is 18.5. The number of benzene rings is 2. The first-order valence-electron chi connectivity index (χ1n) is 8.51. The molecule has 26 heavy (non-hydrogen) atoms. The van der Waals surface area contributed by atoms with Gasteiger partial charge in [0.1, 0.15) is 0 Å². The molecule has 0 fully saturated rings. The van der Waals surface area contributed by atoms with Crippen LogP contribution in [0.2, 0.25) is 0 Å². The van der Waals surface area contributed by atoms with E-state index in [1.165, 1.54) is 11.8 Å². The van der Waals surface area contributed by atoms with Crippen LogP contribution in [0.1, 0.15) is 23.7 Å². The molecule has 0 saturated heterocycles. The smallest absolute Gasteiger partial charge is 0.173 e. The van der Waals surface area contributed by atoms with E-state index in [9.17, 15) is 4.79 Å². The molecule has 5 nitrogen and oxygen atoms in total. The van der Waals surface area contributed by atoms with Gasteiger partial charge in [0.05, 0.1) is 31.0 Å². The fourth-order valence-corrected chi connectivity index (χ4v) is 3.76. The van der Waals surface area contributed by atoms with Gasteiger partial charge in [-0.2, -0.15) is 0 Å². The van der Waals surface area contributed by atoms with Crippen LogP contribution in [0.3, 0.4) is 0 Å². The Morgan fingerprint density at radius 1 is 1.12 bits per heavy atom. The summed E-state index contributed by atoms with van der Waals surface area (Å²) in [5.74, 6) is 1.52. The van der Waals surface area contributed by atoms with Crippen LogP contribution < -0.4 is 9.47 Å². The predicted molar refractivity (Wildman–Crippen MR) is 105 cm³/mol. The molecule has 0 amide bonds. The number of aromatic nitrogens is 2. The topological polar surface area (TPSA) is 53.4 Å². The summed E-state index contributed by atoms with van der Waals surface area (Å²) in [7, 11) is 3.14. The molecule has 3 rings (SSSR count). The lowest BCUT2D eigenvalue weighted by atomic mass is 10.1. The van der Waals surface area contributed by atoms with Crippen molar-refractivity contribution in [3.05, 3.63) is 48.0 Å². The number of Topliss-reactive ketones (excluding diaryl/α,β-unsaturated/α-hetero) is 1. The predicted octanol–water partition coefficient (Wildman–Crippen LogP) is 4.44. The van der Waals surface area contributed by atoms with Crippen molar-refractivity contribution in [1.29, 1.82) is 0 Å². The molecule has 0 bridgehead atoms. The summed E-state index contributed by atoms with van der Waals surface area (Å²) in [6, 6.07) is 13.3. The van der Waals surface area contributed by atoms with Crippen LogP contribution in [-0.2, 0) is 6.54 Å². The molecule has 0 N–H and O–H groups in total. The van der Waals surface area contributed by atoms with E-state index in [1.54, 1.807) is 32.4 Å². The normalized spacial score (nSPS) is 10.9. The van der Waals surface area contributed by atoms with Gasteiger partial charge in [0.15, 0.2) is 22.4 Å². The highest BCUT2D eigenvalue weighted by Gasteiger charge is 2.15. The first-order chi connectivity index (χ1) is 12.7. The van der Waals surface area contributed by atoms with Crippen molar-refractivity contribution in [2.24, 2.45) is 0 Å². The summed E-state index contributed by atoms with van der Waals surface area (Å²) in [6.07, 6.45) is 1.01. The van der Waals surface area contributed by atoms with E-state index in [4.69, 9.17) is 9.47 Å². The molecule has 0 spiro atoms. The second-order valence-corrected chi connectivity index (χ2v) is 6.76. The van der Waals surface area contributed by atoms with Crippen LogP contribution in [0.5, 0.6) is 11.5 Å². The van der Waals surface area contributed by atoms with E-state index < -0.39 is 0 Å². The quantitative estimate of drug-likeness (QED) is 0.433. The summed E-state index contributed by atoms with van der Waals surface area (Å²) < 4.78 is 12.7. The summed E-state index contributed by atoms with van der Waals surface area (Å²) in [4.78, 5) is 17.3. The van der Waals surface area contributed by atoms with Crippen LogP contribution in [0.15, 0.2) is 47.6 Å². The zero-order valence-electron chi connectivity index (χ0n) is 15.2. The molecule has 0 aliphatic rings.